The standard InChI is InChI=1S/C20H21ClF2N2O4S/c1-29-20(26)13-2-3-14(19(23)10-13)12-25(15-4-5-18(22)17(21)11-15)30(27,28)16-6-8-24-9-7-16/h2-5,10-11,16,24H,6-9,12H2,1H3. The maximum absolute atomic E-state index is 14.7. The zero-order valence-electron chi connectivity index (χ0n) is 16.2. The Morgan fingerprint density at radius 3 is 2.47 bits per heavy atom. The fourth-order valence-corrected chi connectivity index (χ4v) is 5.41. The van der Waals surface area contributed by atoms with Crippen molar-refractivity contribution in [2.24, 2.45) is 0 Å². The maximum Gasteiger partial charge on any atom is 0.337 e. The Morgan fingerprint density at radius 2 is 1.87 bits per heavy atom. The van der Waals surface area contributed by atoms with Crippen LogP contribution in [0.25, 0.3) is 0 Å². The van der Waals surface area contributed by atoms with Crippen LogP contribution in [0.1, 0.15) is 28.8 Å². The molecule has 1 saturated heterocycles. The summed E-state index contributed by atoms with van der Waals surface area (Å²) in [4.78, 5) is 11.6. The summed E-state index contributed by atoms with van der Waals surface area (Å²) >= 11 is 5.87. The molecule has 1 N–H and O–H groups in total. The molecule has 2 aromatic carbocycles. The first-order valence-corrected chi connectivity index (χ1v) is 11.2. The second-order valence-corrected chi connectivity index (χ2v) is 9.44. The lowest BCUT2D eigenvalue weighted by molar-refractivity contribution is 0.0600. The van der Waals surface area contributed by atoms with Crippen LogP contribution in [0.3, 0.4) is 0 Å². The van der Waals surface area contributed by atoms with E-state index in [1.54, 1.807) is 0 Å². The van der Waals surface area contributed by atoms with Crippen molar-refractivity contribution < 1.29 is 26.7 Å². The van der Waals surface area contributed by atoms with Gasteiger partial charge in [0, 0.05) is 5.56 Å². The molecule has 6 nitrogen and oxygen atoms in total. The highest BCUT2D eigenvalue weighted by Gasteiger charge is 2.34. The molecule has 0 amide bonds. The molecule has 0 saturated carbocycles. The monoisotopic (exact) mass is 458 g/mol. The molecule has 1 aliphatic heterocycles. The van der Waals surface area contributed by atoms with Gasteiger partial charge in [-0.3, -0.25) is 4.31 Å². The molecule has 162 valence electrons. The average Bonchev–Trinajstić information content (AvgIpc) is 2.74. The maximum atomic E-state index is 14.7. The molecule has 30 heavy (non-hydrogen) atoms. The predicted octanol–water partition coefficient (Wildman–Crippen LogP) is 3.49. The number of hydrogen-bond acceptors (Lipinski definition) is 5. The third-order valence-electron chi connectivity index (χ3n) is 4.99. The Labute approximate surface area is 178 Å². The van der Waals surface area contributed by atoms with Crippen molar-refractivity contribution >= 4 is 33.3 Å². The number of sulfonamides is 1. The minimum absolute atomic E-state index is 0.0105. The first-order valence-electron chi connectivity index (χ1n) is 9.28. The Morgan fingerprint density at radius 1 is 1.17 bits per heavy atom. The average molecular weight is 459 g/mol. The summed E-state index contributed by atoms with van der Waals surface area (Å²) in [6, 6.07) is 7.25. The molecule has 0 bridgehead atoms. The molecule has 1 heterocycles. The summed E-state index contributed by atoms with van der Waals surface area (Å²) in [5, 5.41) is 2.20. The number of carbonyl (C=O) groups excluding carboxylic acids is 1. The first kappa shape index (κ1) is 22.5. The third kappa shape index (κ3) is 4.74. The number of methoxy groups -OCH3 is 1. The SMILES string of the molecule is COC(=O)c1ccc(CN(c2ccc(F)c(Cl)c2)S(=O)(=O)C2CCNCC2)c(F)c1. The van der Waals surface area contributed by atoms with Crippen molar-refractivity contribution in [2.75, 3.05) is 24.5 Å². The van der Waals surface area contributed by atoms with Gasteiger partial charge in [-0.25, -0.2) is 22.0 Å². The van der Waals surface area contributed by atoms with E-state index in [0.717, 1.165) is 16.4 Å². The van der Waals surface area contributed by atoms with Gasteiger partial charge in [-0.2, -0.15) is 0 Å². The number of halogens is 3. The van der Waals surface area contributed by atoms with E-state index in [4.69, 9.17) is 11.6 Å². The van der Waals surface area contributed by atoms with Crippen molar-refractivity contribution in [3.63, 3.8) is 0 Å². The molecule has 0 radical (unpaired) electrons. The van der Waals surface area contributed by atoms with E-state index >= 15 is 0 Å². The summed E-state index contributed by atoms with van der Waals surface area (Å²) in [6.07, 6.45) is 0.801. The van der Waals surface area contributed by atoms with Gasteiger partial charge in [-0.05, 0) is 56.3 Å². The van der Waals surface area contributed by atoms with E-state index in [1.165, 1.54) is 31.4 Å². The fraction of sp³-hybridized carbons (Fsp3) is 0.350. The normalized spacial score (nSPS) is 15.1. The van der Waals surface area contributed by atoms with Gasteiger partial charge in [0.15, 0.2) is 0 Å². The molecule has 0 unspecified atom stereocenters. The zero-order chi connectivity index (χ0) is 21.9. The molecule has 1 fully saturated rings. The minimum atomic E-state index is -3.90. The Kier molecular flexibility index (Phi) is 6.95. The van der Waals surface area contributed by atoms with Gasteiger partial charge in [0.2, 0.25) is 10.0 Å². The molecule has 0 spiro atoms. The van der Waals surface area contributed by atoms with Crippen molar-refractivity contribution in [3.8, 4) is 0 Å². The quantitative estimate of drug-likeness (QED) is 0.670. The molecule has 0 aliphatic carbocycles. The molecular weight excluding hydrogens is 438 g/mol. The molecule has 10 heteroatoms. The van der Waals surface area contributed by atoms with Gasteiger partial charge >= 0.3 is 5.97 Å². The van der Waals surface area contributed by atoms with Crippen molar-refractivity contribution in [1.82, 2.24) is 5.32 Å². The summed E-state index contributed by atoms with van der Waals surface area (Å²) < 4.78 is 60.7. The smallest absolute Gasteiger partial charge is 0.337 e. The van der Waals surface area contributed by atoms with Gasteiger partial charge < -0.3 is 10.1 Å². The van der Waals surface area contributed by atoms with Gasteiger partial charge in [0.05, 0.1) is 35.2 Å². The van der Waals surface area contributed by atoms with Crippen LogP contribution in [0.15, 0.2) is 36.4 Å². The van der Waals surface area contributed by atoms with Crippen LogP contribution in [-0.4, -0.2) is 39.8 Å². The van der Waals surface area contributed by atoms with Crippen LogP contribution >= 0.6 is 11.6 Å². The number of piperidine rings is 1. The van der Waals surface area contributed by atoms with Gasteiger partial charge in [0.25, 0.3) is 0 Å². The second-order valence-electron chi connectivity index (χ2n) is 6.90. The van der Waals surface area contributed by atoms with Crippen molar-refractivity contribution in [3.05, 3.63) is 64.2 Å². The molecule has 3 rings (SSSR count). The van der Waals surface area contributed by atoms with Crippen LogP contribution in [-0.2, 0) is 21.3 Å². The van der Waals surface area contributed by atoms with Crippen LogP contribution in [0, 0.1) is 11.6 Å². The van der Waals surface area contributed by atoms with E-state index in [2.05, 4.69) is 10.1 Å². The number of carbonyl (C=O) groups is 1. The van der Waals surface area contributed by atoms with E-state index in [-0.39, 0.29) is 28.4 Å². The lowest BCUT2D eigenvalue weighted by Gasteiger charge is -2.31. The predicted molar refractivity (Wildman–Crippen MR) is 110 cm³/mol. The highest BCUT2D eigenvalue weighted by atomic mass is 35.5. The number of nitrogens with one attached hydrogen (secondary N) is 1. The molecular formula is C20H21ClF2N2O4S. The largest absolute Gasteiger partial charge is 0.465 e. The topological polar surface area (TPSA) is 75.7 Å². The number of nitrogens with zero attached hydrogens (tertiary/aromatic N) is 1. The van der Waals surface area contributed by atoms with E-state index in [0.29, 0.717) is 25.9 Å². The van der Waals surface area contributed by atoms with Crippen LogP contribution in [0.2, 0.25) is 5.02 Å². The lowest BCUT2D eigenvalue weighted by Crippen LogP contribution is -2.44. The van der Waals surface area contributed by atoms with Crippen LogP contribution in [0.5, 0.6) is 0 Å². The Balaban J connectivity index is 2.01. The van der Waals surface area contributed by atoms with Crippen LogP contribution in [0.4, 0.5) is 14.5 Å². The third-order valence-corrected chi connectivity index (χ3v) is 7.55. The van der Waals surface area contributed by atoms with Crippen LogP contribution < -0.4 is 9.62 Å². The molecule has 0 aromatic heterocycles. The summed E-state index contributed by atoms with van der Waals surface area (Å²) in [5.74, 6) is -2.14. The van der Waals surface area contributed by atoms with Crippen molar-refractivity contribution in [1.29, 1.82) is 0 Å². The minimum Gasteiger partial charge on any atom is -0.465 e. The highest BCUT2D eigenvalue weighted by Crippen LogP contribution is 2.30. The number of ether oxygens (including phenoxy) is 1. The van der Waals surface area contributed by atoms with Gasteiger partial charge in [-0.1, -0.05) is 17.7 Å². The summed E-state index contributed by atoms with van der Waals surface area (Å²) in [6.45, 7) is 0.760. The van der Waals surface area contributed by atoms with Gasteiger partial charge in [-0.15, -0.1) is 0 Å². The zero-order valence-corrected chi connectivity index (χ0v) is 17.8. The lowest BCUT2D eigenvalue weighted by atomic mass is 10.1. The molecule has 1 aliphatic rings. The second kappa shape index (κ2) is 9.28. The summed E-state index contributed by atoms with van der Waals surface area (Å²) in [7, 11) is -2.72. The fourth-order valence-electron chi connectivity index (χ4n) is 3.32. The van der Waals surface area contributed by atoms with E-state index in [9.17, 15) is 22.0 Å². The number of benzene rings is 2. The number of anilines is 1. The Bertz CT molecular complexity index is 1040. The van der Waals surface area contributed by atoms with E-state index < -0.39 is 32.9 Å². The molecule has 0 atom stereocenters. The number of hydrogen-bond donors (Lipinski definition) is 1. The number of rotatable bonds is 6. The van der Waals surface area contributed by atoms with Gasteiger partial charge in [0.1, 0.15) is 11.6 Å². The highest BCUT2D eigenvalue weighted by molar-refractivity contribution is 7.93. The van der Waals surface area contributed by atoms with Crippen molar-refractivity contribution in [2.45, 2.75) is 24.6 Å². The summed E-state index contributed by atoms with van der Waals surface area (Å²) in [5.41, 5.74) is 0.202. The van der Waals surface area contributed by atoms with E-state index in [1.807, 2.05) is 0 Å². The number of esters is 1. The first-order chi connectivity index (χ1) is 14.2. The Hall–Kier alpha value is -2.23. The molecule has 2 aromatic rings.